The monoisotopic (exact) mass is 450 g/mol. The summed E-state index contributed by atoms with van der Waals surface area (Å²) in [7, 11) is 0. The molecule has 3 aromatic rings. The summed E-state index contributed by atoms with van der Waals surface area (Å²) in [5.74, 6) is -1.67. The minimum Gasteiger partial charge on any atom is -0.304 e. The topological polar surface area (TPSA) is 75.5 Å². The van der Waals surface area contributed by atoms with Crippen molar-refractivity contribution in [3.63, 3.8) is 0 Å². The van der Waals surface area contributed by atoms with E-state index >= 15 is 0 Å². The molecule has 0 saturated heterocycles. The van der Waals surface area contributed by atoms with Crippen LogP contribution < -0.4 is 10.9 Å². The van der Waals surface area contributed by atoms with Gasteiger partial charge in [-0.3, -0.25) is 20.4 Å². The third-order valence-electron chi connectivity index (χ3n) is 3.55. The second-order valence-electron chi connectivity index (χ2n) is 5.44. The number of halogens is 6. The Hall–Kier alpha value is -2.49. The van der Waals surface area contributed by atoms with Gasteiger partial charge in [0.2, 0.25) is 0 Å². The molecule has 0 fully saturated rings. The van der Waals surface area contributed by atoms with Crippen molar-refractivity contribution in [3.05, 3.63) is 68.5 Å². The van der Waals surface area contributed by atoms with Gasteiger partial charge in [-0.1, -0.05) is 40.9 Å². The molecule has 0 unspecified atom stereocenters. The fourth-order valence-corrected chi connectivity index (χ4v) is 3.10. The summed E-state index contributed by atoms with van der Waals surface area (Å²) in [4.78, 5) is 28.2. The summed E-state index contributed by atoms with van der Waals surface area (Å²) in [6.45, 7) is 0. The molecule has 146 valence electrons. The van der Waals surface area contributed by atoms with Crippen molar-refractivity contribution in [1.29, 1.82) is 0 Å². The Bertz CT molecular complexity index is 1080. The molecule has 28 heavy (non-hydrogen) atoms. The van der Waals surface area contributed by atoms with Crippen molar-refractivity contribution >= 4 is 52.3 Å². The molecule has 0 saturated carbocycles. The molecule has 2 heterocycles. The Morgan fingerprint density at radius 2 is 1.57 bits per heavy atom. The van der Waals surface area contributed by atoms with E-state index in [2.05, 4.69) is 15.8 Å². The Balaban J connectivity index is 1.80. The number of carbonyl (C=O) groups excluding carboxylic acids is 2. The average Bonchev–Trinajstić information content (AvgIpc) is 3.03. The van der Waals surface area contributed by atoms with Crippen LogP contribution in [0.15, 0.2) is 36.7 Å². The van der Waals surface area contributed by atoms with Crippen LogP contribution in [-0.2, 0) is 6.18 Å². The van der Waals surface area contributed by atoms with E-state index in [1.54, 1.807) is 0 Å². The van der Waals surface area contributed by atoms with E-state index in [0.29, 0.717) is 6.07 Å². The fraction of sp³-hybridized carbons (Fsp3) is 0.0625. The van der Waals surface area contributed by atoms with E-state index in [9.17, 15) is 22.8 Å². The summed E-state index contributed by atoms with van der Waals surface area (Å²) in [6.07, 6.45) is -2.83. The van der Waals surface area contributed by atoms with Crippen LogP contribution in [0.5, 0.6) is 0 Å². The van der Waals surface area contributed by atoms with Gasteiger partial charge in [0.25, 0.3) is 11.8 Å². The quantitative estimate of drug-likeness (QED) is 0.568. The molecule has 0 spiro atoms. The average molecular weight is 452 g/mol. The number of nitrogens with one attached hydrogen (secondary N) is 2. The SMILES string of the molecule is O=C(NNC(=O)c1c(Cl)cccc1Cl)c1cn2cc(C(F)(F)F)cc(Cl)c2n1. The van der Waals surface area contributed by atoms with Crippen LogP contribution in [0, 0.1) is 0 Å². The van der Waals surface area contributed by atoms with Crippen molar-refractivity contribution in [2.75, 3.05) is 0 Å². The zero-order valence-electron chi connectivity index (χ0n) is 13.4. The van der Waals surface area contributed by atoms with Gasteiger partial charge in [-0.15, -0.1) is 0 Å². The zero-order valence-corrected chi connectivity index (χ0v) is 15.7. The first-order valence-electron chi connectivity index (χ1n) is 7.38. The molecule has 1 aromatic carbocycles. The van der Waals surface area contributed by atoms with Crippen LogP contribution >= 0.6 is 34.8 Å². The normalized spacial score (nSPS) is 11.5. The standard InChI is InChI=1S/C16H8Cl3F3N4O2/c17-8-2-1-3-9(18)12(8)15(28)25-24-14(27)11-6-26-5-7(16(20,21)22)4-10(19)13(26)23-11/h1-6H,(H,24,27)(H,25,28). The Labute approximate surface area is 170 Å². The molecule has 3 rings (SSSR count). The van der Waals surface area contributed by atoms with E-state index < -0.39 is 23.6 Å². The summed E-state index contributed by atoms with van der Waals surface area (Å²) in [5, 5.41) is -0.155. The van der Waals surface area contributed by atoms with E-state index in [-0.39, 0.29) is 32.0 Å². The number of hydrogen-bond acceptors (Lipinski definition) is 3. The van der Waals surface area contributed by atoms with Crippen LogP contribution in [0.2, 0.25) is 15.1 Å². The number of benzene rings is 1. The smallest absolute Gasteiger partial charge is 0.304 e. The minimum absolute atomic E-state index is 0.0553. The first-order chi connectivity index (χ1) is 13.1. The Kier molecular flexibility index (Phi) is 5.42. The largest absolute Gasteiger partial charge is 0.417 e. The van der Waals surface area contributed by atoms with Crippen molar-refractivity contribution in [1.82, 2.24) is 20.2 Å². The number of imidazole rings is 1. The van der Waals surface area contributed by atoms with Crippen molar-refractivity contribution in [2.24, 2.45) is 0 Å². The molecule has 0 radical (unpaired) electrons. The molecular formula is C16H8Cl3F3N4O2. The van der Waals surface area contributed by atoms with Gasteiger partial charge in [0.1, 0.15) is 5.69 Å². The van der Waals surface area contributed by atoms with Gasteiger partial charge in [0.15, 0.2) is 5.65 Å². The number of alkyl halides is 3. The number of aromatic nitrogens is 2. The number of nitrogens with zero attached hydrogens (tertiary/aromatic N) is 2. The molecule has 0 bridgehead atoms. The highest BCUT2D eigenvalue weighted by Crippen LogP contribution is 2.32. The lowest BCUT2D eigenvalue weighted by Crippen LogP contribution is -2.42. The molecule has 2 N–H and O–H groups in total. The number of hydrogen-bond donors (Lipinski definition) is 2. The van der Waals surface area contributed by atoms with Crippen molar-refractivity contribution in [2.45, 2.75) is 6.18 Å². The van der Waals surface area contributed by atoms with Gasteiger partial charge in [-0.25, -0.2) is 4.98 Å². The van der Waals surface area contributed by atoms with E-state index in [1.165, 1.54) is 18.2 Å². The van der Waals surface area contributed by atoms with Crippen LogP contribution in [0.4, 0.5) is 13.2 Å². The maximum absolute atomic E-state index is 12.9. The van der Waals surface area contributed by atoms with Crippen LogP contribution in [0.3, 0.4) is 0 Å². The fourth-order valence-electron chi connectivity index (χ4n) is 2.28. The maximum atomic E-state index is 12.9. The molecular weight excluding hydrogens is 444 g/mol. The second kappa shape index (κ2) is 7.50. The number of hydrazine groups is 1. The van der Waals surface area contributed by atoms with E-state index in [0.717, 1.165) is 16.8 Å². The second-order valence-corrected chi connectivity index (χ2v) is 6.66. The van der Waals surface area contributed by atoms with Gasteiger partial charge in [0, 0.05) is 12.4 Å². The molecule has 0 atom stereocenters. The first-order valence-corrected chi connectivity index (χ1v) is 8.51. The van der Waals surface area contributed by atoms with Gasteiger partial charge in [-0.2, -0.15) is 13.2 Å². The lowest BCUT2D eigenvalue weighted by molar-refractivity contribution is -0.137. The number of carbonyl (C=O) groups is 2. The molecule has 2 amide bonds. The van der Waals surface area contributed by atoms with Crippen molar-refractivity contribution in [3.8, 4) is 0 Å². The number of rotatable bonds is 2. The van der Waals surface area contributed by atoms with Gasteiger partial charge >= 0.3 is 6.18 Å². The number of pyridine rings is 1. The predicted octanol–water partition coefficient (Wildman–Crippen LogP) is 4.39. The minimum atomic E-state index is -4.62. The van der Waals surface area contributed by atoms with Crippen LogP contribution in [0.1, 0.15) is 26.4 Å². The first kappa shape index (κ1) is 20.2. The highest BCUT2D eigenvalue weighted by Gasteiger charge is 2.32. The molecule has 0 aliphatic heterocycles. The summed E-state index contributed by atoms with van der Waals surface area (Å²) in [5.41, 5.74) is 2.80. The Morgan fingerprint density at radius 1 is 0.964 bits per heavy atom. The molecule has 12 heteroatoms. The third kappa shape index (κ3) is 4.01. The predicted molar refractivity (Wildman–Crippen MR) is 96.6 cm³/mol. The molecule has 0 aliphatic carbocycles. The summed E-state index contributed by atoms with van der Waals surface area (Å²) < 4.78 is 39.5. The molecule has 0 aliphatic rings. The van der Waals surface area contributed by atoms with Gasteiger partial charge < -0.3 is 4.40 Å². The molecule has 6 nitrogen and oxygen atoms in total. The maximum Gasteiger partial charge on any atom is 0.417 e. The highest BCUT2D eigenvalue weighted by molar-refractivity contribution is 6.39. The molecule has 2 aromatic heterocycles. The number of amides is 2. The zero-order chi connectivity index (χ0) is 20.6. The highest BCUT2D eigenvalue weighted by atomic mass is 35.5. The van der Waals surface area contributed by atoms with Gasteiger partial charge in [-0.05, 0) is 18.2 Å². The number of fused-ring (bicyclic) bond motifs is 1. The lowest BCUT2D eigenvalue weighted by atomic mass is 10.2. The summed E-state index contributed by atoms with van der Waals surface area (Å²) in [6, 6.07) is 5.11. The van der Waals surface area contributed by atoms with Crippen molar-refractivity contribution < 1.29 is 22.8 Å². The van der Waals surface area contributed by atoms with Crippen LogP contribution in [0.25, 0.3) is 5.65 Å². The third-order valence-corrected chi connectivity index (χ3v) is 4.45. The summed E-state index contributed by atoms with van der Waals surface area (Å²) >= 11 is 17.6. The lowest BCUT2D eigenvalue weighted by Gasteiger charge is -2.08. The van der Waals surface area contributed by atoms with Gasteiger partial charge in [0.05, 0.1) is 26.2 Å². The van der Waals surface area contributed by atoms with E-state index in [4.69, 9.17) is 34.8 Å². The van der Waals surface area contributed by atoms with E-state index in [1.807, 2.05) is 0 Å². The van der Waals surface area contributed by atoms with Crippen LogP contribution in [-0.4, -0.2) is 21.2 Å². The Morgan fingerprint density at radius 3 is 2.18 bits per heavy atom.